The number of rotatable bonds is 2. The van der Waals surface area contributed by atoms with Crippen LogP contribution in [0.3, 0.4) is 0 Å². The number of ether oxygens (including phenoxy) is 1. The molecule has 4 rings (SSSR count). The number of aliphatic hydroxyl groups excluding tert-OH is 1. The molecule has 1 unspecified atom stereocenters. The number of hydrogen-bond acceptors (Lipinski definition) is 4. The zero-order valence-corrected chi connectivity index (χ0v) is 15.7. The lowest BCUT2D eigenvalue weighted by Crippen LogP contribution is -2.53. The van der Waals surface area contributed by atoms with Crippen molar-refractivity contribution in [2.75, 3.05) is 6.61 Å². The Morgan fingerprint density at radius 3 is 2.48 bits per heavy atom. The third kappa shape index (κ3) is 2.67. The van der Waals surface area contributed by atoms with Gasteiger partial charge in [-0.2, -0.15) is 0 Å². The number of sulfone groups is 1. The first-order chi connectivity index (χ1) is 12.8. The summed E-state index contributed by atoms with van der Waals surface area (Å²) >= 11 is 5.87. The fourth-order valence-corrected chi connectivity index (χ4v) is 6.81. The summed E-state index contributed by atoms with van der Waals surface area (Å²) in [7, 11) is -4.13. The minimum Gasteiger partial charge on any atom is -0.490 e. The quantitative estimate of drug-likeness (QED) is 0.811. The Hall–Kier alpha value is -1.70. The third-order valence-electron chi connectivity index (χ3n) is 5.58. The molecule has 8 heteroatoms. The monoisotopic (exact) mass is 414 g/mol. The fraction of sp³-hybridized carbons (Fsp3) is 0.368. The van der Waals surface area contributed by atoms with E-state index >= 15 is 0 Å². The summed E-state index contributed by atoms with van der Waals surface area (Å²) in [6.07, 6.45) is -0.452. The first kappa shape index (κ1) is 18.7. The third-order valence-corrected chi connectivity index (χ3v) is 8.42. The summed E-state index contributed by atoms with van der Waals surface area (Å²) < 4.78 is 60.4. The van der Waals surface area contributed by atoms with Crippen LogP contribution in [0.4, 0.5) is 8.78 Å². The van der Waals surface area contributed by atoms with Gasteiger partial charge in [-0.25, -0.2) is 17.2 Å². The molecule has 0 spiro atoms. The molecule has 1 N–H and O–H groups in total. The van der Waals surface area contributed by atoms with E-state index in [0.29, 0.717) is 5.02 Å². The molecule has 0 radical (unpaired) electrons. The highest BCUT2D eigenvalue weighted by Gasteiger charge is 2.59. The van der Waals surface area contributed by atoms with Gasteiger partial charge in [0.25, 0.3) is 0 Å². The van der Waals surface area contributed by atoms with Gasteiger partial charge >= 0.3 is 0 Å². The molecule has 2 aliphatic rings. The van der Waals surface area contributed by atoms with E-state index < -0.39 is 38.2 Å². The number of fused-ring (bicyclic) bond motifs is 3. The topological polar surface area (TPSA) is 63.6 Å². The van der Waals surface area contributed by atoms with E-state index in [1.54, 1.807) is 0 Å². The summed E-state index contributed by atoms with van der Waals surface area (Å²) in [6.45, 7) is -0.114. The molecule has 144 valence electrons. The number of aliphatic hydroxyl groups is 1. The van der Waals surface area contributed by atoms with Gasteiger partial charge in [-0.05, 0) is 55.7 Å². The molecular weight excluding hydrogens is 398 g/mol. The number of benzene rings is 2. The minimum absolute atomic E-state index is 0.0233. The van der Waals surface area contributed by atoms with Crippen molar-refractivity contribution < 1.29 is 27.0 Å². The van der Waals surface area contributed by atoms with Crippen LogP contribution in [0, 0.1) is 17.6 Å². The van der Waals surface area contributed by atoms with Crippen molar-refractivity contribution in [3.8, 4) is 5.75 Å². The van der Waals surface area contributed by atoms with Gasteiger partial charge in [-0.3, -0.25) is 0 Å². The van der Waals surface area contributed by atoms with Crippen molar-refractivity contribution >= 4 is 21.4 Å². The summed E-state index contributed by atoms with van der Waals surface area (Å²) in [5.41, 5.74) is -0.277. The normalized spacial score (nSPS) is 27.4. The molecule has 2 aromatic carbocycles. The van der Waals surface area contributed by atoms with Crippen LogP contribution in [0.15, 0.2) is 41.3 Å². The summed E-state index contributed by atoms with van der Waals surface area (Å²) in [5.74, 6) is -2.70. The Kier molecular flexibility index (Phi) is 4.44. The maximum absolute atomic E-state index is 14.9. The van der Waals surface area contributed by atoms with Crippen LogP contribution < -0.4 is 4.74 Å². The van der Waals surface area contributed by atoms with Crippen molar-refractivity contribution in [3.63, 3.8) is 0 Å². The molecular formula is C19H17ClF2O4S. The van der Waals surface area contributed by atoms with Gasteiger partial charge in [0.15, 0.2) is 21.4 Å². The van der Waals surface area contributed by atoms with Gasteiger partial charge < -0.3 is 9.84 Å². The molecule has 27 heavy (non-hydrogen) atoms. The Morgan fingerprint density at radius 2 is 1.78 bits per heavy atom. The Labute approximate surface area is 160 Å². The maximum atomic E-state index is 14.9. The number of halogens is 3. The first-order valence-corrected chi connectivity index (χ1v) is 10.4. The lowest BCUT2D eigenvalue weighted by Gasteiger charge is -2.48. The van der Waals surface area contributed by atoms with Gasteiger partial charge in [0.2, 0.25) is 0 Å². The van der Waals surface area contributed by atoms with Crippen molar-refractivity contribution in [2.24, 2.45) is 5.92 Å². The van der Waals surface area contributed by atoms with Gasteiger partial charge in [-0.1, -0.05) is 11.6 Å². The van der Waals surface area contributed by atoms with Crippen LogP contribution in [0.5, 0.6) is 5.75 Å². The highest BCUT2D eigenvalue weighted by atomic mass is 35.5. The van der Waals surface area contributed by atoms with Crippen LogP contribution in [0.2, 0.25) is 5.02 Å². The molecule has 1 saturated carbocycles. The summed E-state index contributed by atoms with van der Waals surface area (Å²) in [6, 6.07) is 7.46. The van der Waals surface area contributed by atoms with Gasteiger partial charge in [0.05, 0.1) is 23.2 Å². The smallest absolute Gasteiger partial charge is 0.188 e. The molecule has 1 aliphatic heterocycles. The minimum atomic E-state index is -4.13. The Morgan fingerprint density at radius 1 is 1.11 bits per heavy atom. The standard InChI is InChI=1S/C19H17ClF2O4S/c20-12-1-3-14(4-2-12)27(24,25)19-8-7-13(23)9-11(19)10-26-18-16(22)6-5-15(21)17(18)19/h1-6,11,13,23H,7-10H2/t11?,13-,19-/m0/s1. The lowest BCUT2D eigenvalue weighted by atomic mass is 9.72. The average molecular weight is 415 g/mol. The summed E-state index contributed by atoms with van der Waals surface area (Å²) in [5, 5.41) is 10.4. The number of hydrogen-bond donors (Lipinski definition) is 1. The SMILES string of the molecule is O=S(=O)(c1ccc(Cl)cc1)[C@@]12CC[C@H](O)CC1COc1c(F)ccc(F)c12. The maximum Gasteiger partial charge on any atom is 0.188 e. The van der Waals surface area contributed by atoms with Crippen LogP contribution >= 0.6 is 11.6 Å². The second-order valence-electron chi connectivity index (χ2n) is 7.02. The van der Waals surface area contributed by atoms with Crippen LogP contribution in [-0.2, 0) is 14.6 Å². The molecule has 3 atom stereocenters. The molecule has 1 aliphatic carbocycles. The molecule has 0 amide bonds. The average Bonchev–Trinajstić information content (AvgIpc) is 2.64. The van der Waals surface area contributed by atoms with E-state index in [-0.39, 0.29) is 42.1 Å². The second kappa shape index (κ2) is 6.43. The predicted molar refractivity (Wildman–Crippen MR) is 95.5 cm³/mol. The van der Waals surface area contributed by atoms with Crippen molar-refractivity contribution in [3.05, 3.63) is 58.6 Å². The van der Waals surface area contributed by atoms with E-state index in [9.17, 15) is 22.3 Å². The van der Waals surface area contributed by atoms with Crippen molar-refractivity contribution in [1.29, 1.82) is 0 Å². The molecule has 2 aromatic rings. The first-order valence-electron chi connectivity index (χ1n) is 8.57. The van der Waals surface area contributed by atoms with Gasteiger partial charge in [0.1, 0.15) is 10.6 Å². The summed E-state index contributed by atoms with van der Waals surface area (Å²) in [4.78, 5) is -0.0233. The Bertz CT molecular complexity index is 994. The molecule has 0 saturated heterocycles. The van der Waals surface area contributed by atoms with Crippen molar-refractivity contribution in [2.45, 2.75) is 35.0 Å². The van der Waals surface area contributed by atoms with E-state index in [2.05, 4.69) is 0 Å². The molecule has 1 fully saturated rings. The van der Waals surface area contributed by atoms with E-state index in [1.165, 1.54) is 24.3 Å². The van der Waals surface area contributed by atoms with Crippen LogP contribution in [0.25, 0.3) is 0 Å². The van der Waals surface area contributed by atoms with Crippen LogP contribution in [0.1, 0.15) is 24.8 Å². The zero-order valence-electron chi connectivity index (χ0n) is 14.2. The molecule has 1 heterocycles. The largest absolute Gasteiger partial charge is 0.490 e. The van der Waals surface area contributed by atoms with Gasteiger partial charge in [-0.15, -0.1) is 0 Å². The second-order valence-corrected chi connectivity index (χ2v) is 9.66. The predicted octanol–water partition coefficient (Wildman–Crippen LogP) is 3.84. The van der Waals surface area contributed by atoms with Crippen LogP contribution in [-0.4, -0.2) is 26.2 Å². The van der Waals surface area contributed by atoms with E-state index in [1.807, 2.05) is 0 Å². The molecule has 4 nitrogen and oxygen atoms in total. The van der Waals surface area contributed by atoms with E-state index in [0.717, 1.165) is 12.1 Å². The zero-order chi connectivity index (χ0) is 19.4. The molecule has 0 aromatic heterocycles. The van der Waals surface area contributed by atoms with Gasteiger partial charge in [0, 0.05) is 10.9 Å². The Balaban J connectivity index is 2.02. The van der Waals surface area contributed by atoms with E-state index in [4.69, 9.17) is 16.3 Å². The lowest BCUT2D eigenvalue weighted by molar-refractivity contribution is 0.0395. The fourth-order valence-electron chi connectivity index (χ4n) is 4.32. The highest BCUT2D eigenvalue weighted by molar-refractivity contribution is 7.92. The highest BCUT2D eigenvalue weighted by Crippen LogP contribution is 2.56. The van der Waals surface area contributed by atoms with Crippen molar-refractivity contribution in [1.82, 2.24) is 0 Å². The molecule has 0 bridgehead atoms.